The third-order valence-corrected chi connectivity index (χ3v) is 8.28. The summed E-state index contributed by atoms with van der Waals surface area (Å²) < 4.78 is 24.0. The summed E-state index contributed by atoms with van der Waals surface area (Å²) in [5.74, 6) is 1.38. The van der Waals surface area contributed by atoms with Crippen LogP contribution in [0.1, 0.15) is 65.5 Å². The highest BCUT2D eigenvalue weighted by atomic mass is 35.5. The maximum Gasteiger partial charge on any atom is 0.304 e. The number of carboxylic acid groups (broad SMARTS) is 1. The first-order chi connectivity index (χ1) is 18.9. The molecule has 1 saturated heterocycles. The van der Waals surface area contributed by atoms with Crippen molar-refractivity contribution >= 4 is 17.6 Å². The van der Waals surface area contributed by atoms with Crippen molar-refractivity contribution in [3.8, 4) is 28.4 Å². The minimum Gasteiger partial charge on any atom is -0.492 e. The molecule has 1 N–H and O–H groups in total. The molecule has 1 fully saturated rings. The minimum atomic E-state index is -0.820. The number of ether oxygens (including phenoxy) is 4. The van der Waals surface area contributed by atoms with E-state index in [1.165, 1.54) is 11.1 Å². The van der Waals surface area contributed by atoms with Crippen molar-refractivity contribution in [2.24, 2.45) is 0 Å². The molecular formula is C32H33ClO6. The fourth-order valence-electron chi connectivity index (χ4n) is 6.28. The van der Waals surface area contributed by atoms with Crippen molar-refractivity contribution in [3.05, 3.63) is 75.3 Å². The Hall–Kier alpha value is -3.22. The lowest BCUT2D eigenvalue weighted by Crippen LogP contribution is -2.25. The molecular weight excluding hydrogens is 516 g/mol. The fourth-order valence-corrected chi connectivity index (χ4v) is 6.50. The van der Waals surface area contributed by atoms with Gasteiger partial charge in [-0.2, -0.15) is 0 Å². The zero-order valence-electron chi connectivity index (χ0n) is 22.3. The van der Waals surface area contributed by atoms with E-state index >= 15 is 0 Å². The van der Waals surface area contributed by atoms with Gasteiger partial charge in [-0.3, -0.25) is 4.79 Å². The van der Waals surface area contributed by atoms with Gasteiger partial charge in [0, 0.05) is 35.4 Å². The third-order valence-electron chi connectivity index (χ3n) is 8.06. The Morgan fingerprint density at radius 3 is 2.49 bits per heavy atom. The average molecular weight is 549 g/mol. The number of halogens is 1. The summed E-state index contributed by atoms with van der Waals surface area (Å²) >= 11 is 6.69. The second-order valence-corrected chi connectivity index (χ2v) is 11.3. The molecule has 0 spiro atoms. The number of rotatable bonds is 7. The summed E-state index contributed by atoms with van der Waals surface area (Å²) in [5, 5.41) is 9.87. The molecule has 0 amide bonds. The van der Waals surface area contributed by atoms with Crippen molar-refractivity contribution in [3.63, 3.8) is 0 Å². The molecule has 1 aliphatic carbocycles. The van der Waals surface area contributed by atoms with Crippen LogP contribution in [0.5, 0.6) is 17.2 Å². The van der Waals surface area contributed by atoms with Gasteiger partial charge in [0.2, 0.25) is 0 Å². The lowest BCUT2D eigenvalue weighted by atomic mass is 9.90. The van der Waals surface area contributed by atoms with Gasteiger partial charge in [-0.1, -0.05) is 17.7 Å². The average Bonchev–Trinajstić information content (AvgIpc) is 3.47. The Balaban J connectivity index is 1.25. The molecule has 0 bridgehead atoms. The van der Waals surface area contributed by atoms with Crippen LogP contribution in [0.3, 0.4) is 0 Å². The Morgan fingerprint density at radius 1 is 0.974 bits per heavy atom. The summed E-state index contributed by atoms with van der Waals surface area (Å²) in [6.07, 6.45) is 3.73. The second-order valence-electron chi connectivity index (χ2n) is 10.8. The number of hydrogen-bond donors (Lipinski definition) is 1. The number of fused-ring (bicyclic) bond motifs is 2. The fraction of sp³-hybridized carbons (Fsp3) is 0.406. The quantitative estimate of drug-likeness (QED) is 0.336. The van der Waals surface area contributed by atoms with Gasteiger partial charge in [0.15, 0.2) is 0 Å². The SMILES string of the molecule is Cc1cc(OC2CCOCC2)cc(C)c1-c1cc(Cl)cc2c1CCC2Oc1ccc2c(c1)OCC2CC(=O)O. The number of carboxylic acids is 1. The highest BCUT2D eigenvalue weighted by Gasteiger charge is 2.30. The van der Waals surface area contributed by atoms with Crippen LogP contribution in [0.4, 0.5) is 0 Å². The van der Waals surface area contributed by atoms with E-state index in [9.17, 15) is 9.90 Å². The normalized spacial score (nSPS) is 20.3. The van der Waals surface area contributed by atoms with Crippen LogP contribution < -0.4 is 14.2 Å². The highest BCUT2D eigenvalue weighted by molar-refractivity contribution is 6.31. The first-order valence-electron chi connectivity index (χ1n) is 13.7. The summed E-state index contributed by atoms with van der Waals surface area (Å²) in [7, 11) is 0. The summed E-state index contributed by atoms with van der Waals surface area (Å²) in [6.45, 7) is 6.16. The number of aryl methyl sites for hydroxylation is 2. The Labute approximate surface area is 233 Å². The summed E-state index contributed by atoms with van der Waals surface area (Å²) in [5.41, 5.74) is 8.00. The zero-order chi connectivity index (χ0) is 27.1. The van der Waals surface area contributed by atoms with Gasteiger partial charge >= 0.3 is 5.97 Å². The maximum absolute atomic E-state index is 11.2. The second kappa shape index (κ2) is 10.7. The third kappa shape index (κ3) is 5.32. The molecule has 3 aromatic carbocycles. The molecule has 2 atom stereocenters. The van der Waals surface area contributed by atoms with Gasteiger partial charge in [0.25, 0.3) is 0 Å². The maximum atomic E-state index is 11.2. The molecule has 6 rings (SSSR count). The van der Waals surface area contributed by atoms with Crippen LogP contribution in [-0.2, 0) is 16.0 Å². The first-order valence-corrected chi connectivity index (χ1v) is 14.1. The molecule has 2 aliphatic heterocycles. The molecule has 6 nitrogen and oxygen atoms in total. The van der Waals surface area contributed by atoms with Crippen LogP contribution in [-0.4, -0.2) is 37.0 Å². The van der Waals surface area contributed by atoms with Crippen molar-refractivity contribution in [2.75, 3.05) is 19.8 Å². The van der Waals surface area contributed by atoms with Gasteiger partial charge in [-0.15, -0.1) is 0 Å². The standard InChI is InChI=1S/C32H33ClO6/c1-18-11-24(38-22-7-9-36-10-8-22)12-19(2)32(18)28-15-21(33)14-27-26(28)5-6-29(27)39-23-3-4-25-20(13-31(34)35)17-37-30(25)16-23/h3-4,11-12,14-16,20,22,29H,5-10,13,17H2,1-2H3,(H,34,35). The lowest BCUT2D eigenvalue weighted by molar-refractivity contribution is -0.137. The molecule has 2 heterocycles. The number of carbonyl (C=O) groups is 1. The first kappa shape index (κ1) is 26.0. The molecule has 0 saturated carbocycles. The Morgan fingerprint density at radius 2 is 1.74 bits per heavy atom. The van der Waals surface area contributed by atoms with Crippen molar-refractivity contribution in [1.29, 1.82) is 0 Å². The topological polar surface area (TPSA) is 74.2 Å². The predicted molar refractivity (Wildman–Crippen MR) is 149 cm³/mol. The molecule has 204 valence electrons. The van der Waals surface area contributed by atoms with E-state index in [1.807, 2.05) is 24.3 Å². The van der Waals surface area contributed by atoms with E-state index in [2.05, 4.69) is 32.0 Å². The van der Waals surface area contributed by atoms with Gasteiger partial charge in [-0.25, -0.2) is 0 Å². The van der Waals surface area contributed by atoms with Crippen LogP contribution in [0.15, 0.2) is 42.5 Å². The molecule has 3 aromatic rings. The van der Waals surface area contributed by atoms with E-state index in [4.69, 9.17) is 30.5 Å². The predicted octanol–water partition coefficient (Wildman–Crippen LogP) is 7.20. The number of aliphatic carboxylic acids is 1. The van der Waals surface area contributed by atoms with Crippen LogP contribution in [0, 0.1) is 13.8 Å². The monoisotopic (exact) mass is 548 g/mol. The van der Waals surface area contributed by atoms with Gasteiger partial charge in [-0.05, 0) is 90.4 Å². The highest BCUT2D eigenvalue weighted by Crippen LogP contribution is 2.45. The largest absolute Gasteiger partial charge is 0.492 e. The van der Waals surface area contributed by atoms with Gasteiger partial charge in [0.1, 0.15) is 29.5 Å². The Kier molecular flexibility index (Phi) is 7.17. The Bertz CT molecular complexity index is 1390. The molecule has 2 unspecified atom stereocenters. The van der Waals surface area contributed by atoms with Crippen LogP contribution in [0.25, 0.3) is 11.1 Å². The summed E-state index contributed by atoms with van der Waals surface area (Å²) in [4.78, 5) is 11.2. The number of benzene rings is 3. The molecule has 7 heteroatoms. The van der Waals surface area contributed by atoms with E-state index in [-0.39, 0.29) is 24.5 Å². The minimum absolute atomic E-state index is 0.0615. The van der Waals surface area contributed by atoms with E-state index in [0.29, 0.717) is 23.1 Å². The van der Waals surface area contributed by atoms with Crippen molar-refractivity contribution in [2.45, 2.75) is 64.1 Å². The zero-order valence-corrected chi connectivity index (χ0v) is 23.1. The molecule has 0 radical (unpaired) electrons. The van der Waals surface area contributed by atoms with Gasteiger partial charge in [0.05, 0.1) is 26.2 Å². The smallest absolute Gasteiger partial charge is 0.304 e. The van der Waals surface area contributed by atoms with Crippen molar-refractivity contribution in [1.82, 2.24) is 0 Å². The van der Waals surface area contributed by atoms with Gasteiger partial charge < -0.3 is 24.1 Å². The van der Waals surface area contributed by atoms with Crippen LogP contribution >= 0.6 is 11.6 Å². The van der Waals surface area contributed by atoms with Crippen molar-refractivity contribution < 1.29 is 28.8 Å². The number of hydrogen-bond acceptors (Lipinski definition) is 5. The van der Waals surface area contributed by atoms with E-state index in [1.54, 1.807) is 0 Å². The lowest BCUT2D eigenvalue weighted by Gasteiger charge is -2.24. The van der Waals surface area contributed by atoms with E-state index in [0.717, 1.165) is 72.5 Å². The molecule has 0 aromatic heterocycles. The van der Waals surface area contributed by atoms with Crippen LogP contribution in [0.2, 0.25) is 5.02 Å². The molecule has 39 heavy (non-hydrogen) atoms. The summed E-state index contributed by atoms with van der Waals surface area (Å²) in [6, 6.07) is 14.1. The molecule has 3 aliphatic rings. The van der Waals surface area contributed by atoms with E-state index < -0.39 is 5.97 Å².